The van der Waals surface area contributed by atoms with Gasteiger partial charge in [-0.05, 0) is 169 Å². The number of hydrogen-bond donors (Lipinski definition) is 0. The van der Waals surface area contributed by atoms with E-state index in [1.165, 1.54) is 55.6 Å². The summed E-state index contributed by atoms with van der Waals surface area (Å²) < 4.78 is 12.3. The van der Waals surface area contributed by atoms with Crippen molar-refractivity contribution in [1.82, 2.24) is 0 Å². The van der Waals surface area contributed by atoms with Crippen molar-refractivity contribution in [1.29, 1.82) is 0 Å². The van der Waals surface area contributed by atoms with Crippen molar-refractivity contribution in [2.24, 2.45) is 0 Å². The lowest BCUT2D eigenvalue weighted by atomic mass is 9.78. The highest BCUT2D eigenvalue weighted by molar-refractivity contribution is 6.07. The fourth-order valence-electron chi connectivity index (χ4n) is 11.5. The summed E-state index contributed by atoms with van der Waals surface area (Å²) in [6, 6.07) is 90.0. The lowest BCUT2D eigenvalue weighted by Crippen LogP contribution is -2.16. The predicted molar refractivity (Wildman–Crippen MR) is 300 cm³/mol. The number of fused-ring (bicyclic) bond motifs is 9. The maximum atomic E-state index is 6.17. The van der Waals surface area contributed by atoms with Crippen LogP contribution < -0.4 is 4.90 Å². The van der Waals surface area contributed by atoms with Crippen molar-refractivity contribution in [3.05, 3.63) is 260 Å². The molecular formula is C69H47NO2. The zero-order chi connectivity index (χ0) is 47.9. The number of benzene rings is 11. The number of para-hydroxylation sites is 2. The molecule has 0 radical (unpaired) electrons. The lowest BCUT2D eigenvalue weighted by Gasteiger charge is -2.26. The third-order valence-corrected chi connectivity index (χ3v) is 15.1. The van der Waals surface area contributed by atoms with Gasteiger partial charge in [-0.15, -0.1) is 0 Å². The van der Waals surface area contributed by atoms with Crippen molar-refractivity contribution in [2.75, 3.05) is 4.90 Å². The van der Waals surface area contributed by atoms with Crippen LogP contribution in [0.15, 0.2) is 258 Å². The van der Waals surface area contributed by atoms with E-state index in [0.717, 1.165) is 83.2 Å². The standard InChI is InChI=1S/C69H47NO2/c1-69(2)63-36-27-49(39-59(63)62-43-52(44-13-5-3-6-14-44)42-58(68(62)69)48-15-7-4-8-16-48)45-21-30-53(31-22-45)70(54-32-23-46(24-33-54)50-28-37-66-60(40-50)56-17-9-11-19-64(56)71-66)55-34-25-47(26-35-55)51-29-38-67-61(41-51)57-18-10-12-20-65(57)72-67/h3-43H,1-2H3. The number of anilines is 3. The van der Waals surface area contributed by atoms with Gasteiger partial charge < -0.3 is 13.7 Å². The van der Waals surface area contributed by atoms with Crippen LogP contribution in [0.4, 0.5) is 17.1 Å². The van der Waals surface area contributed by atoms with Gasteiger partial charge >= 0.3 is 0 Å². The smallest absolute Gasteiger partial charge is 0.135 e. The van der Waals surface area contributed by atoms with Gasteiger partial charge in [0.25, 0.3) is 0 Å². The average molecular weight is 922 g/mol. The van der Waals surface area contributed by atoms with Crippen molar-refractivity contribution >= 4 is 60.9 Å². The molecule has 0 bridgehead atoms. The minimum Gasteiger partial charge on any atom is -0.456 e. The highest BCUT2D eigenvalue weighted by Gasteiger charge is 2.38. The summed E-state index contributed by atoms with van der Waals surface area (Å²) in [5.41, 5.74) is 23.9. The van der Waals surface area contributed by atoms with Crippen LogP contribution in [0.3, 0.4) is 0 Å². The van der Waals surface area contributed by atoms with Crippen LogP contribution in [0.2, 0.25) is 0 Å². The molecule has 0 N–H and O–H groups in total. The topological polar surface area (TPSA) is 29.5 Å². The highest BCUT2D eigenvalue weighted by atomic mass is 16.3. The Morgan fingerprint density at radius 1 is 0.278 bits per heavy atom. The van der Waals surface area contributed by atoms with E-state index in [1.807, 2.05) is 24.3 Å². The molecule has 340 valence electrons. The first-order valence-corrected chi connectivity index (χ1v) is 24.8. The number of nitrogens with zero attached hydrogens (tertiary/aromatic N) is 1. The zero-order valence-electron chi connectivity index (χ0n) is 39.9. The SMILES string of the molecule is CC1(C)c2ccc(-c3ccc(N(c4ccc(-c5ccc6oc7ccccc7c6c5)cc4)c4ccc(-c5ccc6oc7ccccc7c6c5)cc4)cc3)cc2-c2cc(-c3ccccc3)cc(-c3ccccc3)c21. The Morgan fingerprint density at radius 2 is 0.653 bits per heavy atom. The third-order valence-electron chi connectivity index (χ3n) is 15.1. The second kappa shape index (κ2) is 16.5. The Morgan fingerprint density at radius 3 is 1.17 bits per heavy atom. The van der Waals surface area contributed by atoms with E-state index in [1.54, 1.807) is 0 Å². The van der Waals surface area contributed by atoms with E-state index < -0.39 is 0 Å². The Balaban J connectivity index is 0.843. The summed E-state index contributed by atoms with van der Waals surface area (Å²) in [5, 5.41) is 4.51. The van der Waals surface area contributed by atoms with Gasteiger partial charge in [0, 0.05) is 44.0 Å². The molecule has 0 spiro atoms. The van der Waals surface area contributed by atoms with Crippen molar-refractivity contribution in [3.63, 3.8) is 0 Å². The van der Waals surface area contributed by atoms with Gasteiger partial charge in [-0.2, -0.15) is 0 Å². The van der Waals surface area contributed by atoms with E-state index in [-0.39, 0.29) is 5.41 Å². The molecule has 1 aliphatic carbocycles. The van der Waals surface area contributed by atoms with Crippen molar-refractivity contribution in [2.45, 2.75) is 19.3 Å². The van der Waals surface area contributed by atoms with Crippen LogP contribution in [0.5, 0.6) is 0 Å². The molecule has 0 atom stereocenters. The summed E-state index contributed by atoms with van der Waals surface area (Å²) in [6.07, 6.45) is 0. The molecule has 0 saturated heterocycles. The van der Waals surface area contributed by atoms with Crippen LogP contribution in [-0.4, -0.2) is 0 Å². The molecule has 14 rings (SSSR count). The molecule has 3 heteroatoms. The first-order chi connectivity index (χ1) is 35.4. The summed E-state index contributed by atoms with van der Waals surface area (Å²) >= 11 is 0. The van der Waals surface area contributed by atoms with E-state index in [9.17, 15) is 0 Å². The van der Waals surface area contributed by atoms with E-state index >= 15 is 0 Å². The van der Waals surface area contributed by atoms with Crippen LogP contribution in [0.25, 0.3) is 111 Å². The van der Waals surface area contributed by atoms with Gasteiger partial charge in [0.1, 0.15) is 22.3 Å². The Hall–Kier alpha value is -9.18. The maximum Gasteiger partial charge on any atom is 0.135 e. The van der Waals surface area contributed by atoms with Gasteiger partial charge in [-0.1, -0.05) is 172 Å². The Bertz CT molecular complexity index is 4040. The molecule has 0 unspecified atom stereocenters. The normalized spacial score (nSPS) is 12.7. The minimum atomic E-state index is -0.181. The Labute approximate surface area is 418 Å². The lowest BCUT2D eigenvalue weighted by molar-refractivity contribution is 0.662. The molecule has 2 heterocycles. The number of rotatable bonds is 8. The highest BCUT2D eigenvalue weighted by Crippen LogP contribution is 2.54. The van der Waals surface area contributed by atoms with Gasteiger partial charge in [-0.3, -0.25) is 0 Å². The molecule has 11 aromatic carbocycles. The number of furan rings is 2. The van der Waals surface area contributed by atoms with Crippen LogP contribution in [-0.2, 0) is 5.41 Å². The monoisotopic (exact) mass is 921 g/mol. The van der Waals surface area contributed by atoms with Gasteiger partial charge in [-0.25, -0.2) is 0 Å². The van der Waals surface area contributed by atoms with Crippen LogP contribution in [0.1, 0.15) is 25.0 Å². The van der Waals surface area contributed by atoms with Crippen LogP contribution >= 0.6 is 0 Å². The molecule has 0 amide bonds. The summed E-state index contributed by atoms with van der Waals surface area (Å²) in [7, 11) is 0. The van der Waals surface area contributed by atoms with E-state index in [4.69, 9.17) is 8.83 Å². The molecule has 2 aromatic heterocycles. The fraction of sp³-hybridized carbons (Fsp3) is 0.0435. The van der Waals surface area contributed by atoms with Gasteiger partial charge in [0.15, 0.2) is 0 Å². The predicted octanol–water partition coefficient (Wildman–Crippen LogP) is 19.6. The molecule has 3 nitrogen and oxygen atoms in total. The molecule has 72 heavy (non-hydrogen) atoms. The quantitative estimate of drug-likeness (QED) is 0.152. The molecule has 0 saturated carbocycles. The maximum absolute atomic E-state index is 6.17. The summed E-state index contributed by atoms with van der Waals surface area (Å²) in [6.45, 7) is 4.77. The first-order valence-electron chi connectivity index (χ1n) is 24.8. The van der Waals surface area contributed by atoms with Crippen molar-refractivity contribution in [3.8, 4) is 66.8 Å². The van der Waals surface area contributed by atoms with Crippen molar-refractivity contribution < 1.29 is 8.83 Å². The molecular weight excluding hydrogens is 875 g/mol. The summed E-state index contributed by atoms with van der Waals surface area (Å²) in [5.74, 6) is 0. The van der Waals surface area contributed by atoms with E-state index in [0.29, 0.717) is 0 Å². The zero-order valence-corrected chi connectivity index (χ0v) is 39.9. The summed E-state index contributed by atoms with van der Waals surface area (Å²) in [4.78, 5) is 2.36. The Kier molecular flexibility index (Phi) is 9.56. The van der Waals surface area contributed by atoms with E-state index in [2.05, 4.69) is 243 Å². The second-order valence-electron chi connectivity index (χ2n) is 19.7. The van der Waals surface area contributed by atoms with Gasteiger partial charge in [0.05, 0.1) is 0 Å². The average Bonchev–Trinajstić information content (AvgIpc) is 4.08. The fourth-order valence-corrected chi connectivity index (χ4v) is 11.5. The second-order valence-corrected chi connectivity index (χ2v) is 19.7. The minimum absolute atomic E-state index is 0.181. The third kappa shape index (κ3) is 6.88. The molecule has 0 aliphatic heterocycles. The van der Waals surface area contributed by atoms with Crippen LogP contribution in [0, 0.1) is 0 Å². The number of hydrogen-bond acceptors (Lipinski definition) is 3. The first kappa shape index (κ1) is 41.8. The molecule has 13 aromatic rings. The molecule has 0 fully saturated rings. The molecule has 1 aliphatic rings. The largest absolute Gasteiger partial charge is 0.456 e. The van der Waals surface area contributed by atoms with Gasteiger partial charge in [0.2, 0.25) is 0 Å².